The van der Waals surface area contributed by atoms with Crippen LogP contribution in [0.25, 0.3) is 0 Å². The summed E-state index contributed by atoms with van der Waals surface area (Å²) in [6, 6.07) is 1.77. The van der Waals surface area contributed by atoms with Crippen molar-refractivity contribution in [3.63, 3.8) is 0 Å². The minimum atomic E-state index is -0.0174. The van der Waals surface area contributed by atoms with Crippen molar-refractivity contribution >= 4 is 23.2 Å². The Morgan fingerprint density at radius 3 is 1.88 bits per heavy atom. The number of hydrogen-bond donors (Lipinski definition) is 1. The molecule has 0 aromatic heterocycles. The molecule has 0 saturated carbocycles. The number of aliphatic hydroxyl groups excluding tert-OH is 1. The molecule has 0 unspecified atom stereocenters. The number of halogens is 2. The number of nitrogens with zero attached hydrogens (tertiary/aromatic N) is 1. The average molecular weight is 156 g/mol. The molecule has 0 spiro atoms. The van der Waals surface area contributed by atoms with Crippen molar-refractivity contribution in [3.05, 3.63) is 0 Å². The van der Waals surface area contributed by atoms with Gasteiger partial charge >= 0.3 is 0 Å². The molecular formula is C4H7Cl2NO. The van der Waals surface area contributed by atoms with Gasteiger partial charge in [-0.15, -0.1) is 23.2 Å². The van der Waals surface area contributed by atoms with Crippen LogP contribution >= 0.6 is 23.2 Å². The van der Waals surface area contributed by atoms with Gasteiger partial charge < -0.3 is 5.11 Å². The number of hydrogen-bond acceptors (Lipinski definition) is 2. The summed E-state index contributed by atoms with van der Waals surface area (Å²) in [7, 11) is 0. The van der Waals surface area contributed by atoms with Crippen LogP contribution < -0.4 is 0 Å². The van der Waals surface area contributed by atoms with Crippen molar-refractivity contribution < 1.29 is 5.11 Å². The molecule has 0 aliphatic heterocycles. The first-order valence-corrected chi connectivity index (χ1v) is 3.00. The Morgan fingerprint density at radius 1 is 1.50 bits per heavy atom. The summed E-state index contributed by atoms with van der Waals surface area (Å²) in [6.45, 7) is -0.0174. The largest absolute Gasteiger partial charge is 0.395 e. The molecule has 0 heterocycles. The van der Waals surface area contributed by atoms with Gasteiger partial charge in [0.1, 0.15) is 0 Å². The molecule has 0 fully saturated rings. The van der Waals surface area contributed by atoms with Gasteiger partial charge in [-0.1, -0.05) is 0 Å². The van der Waals surface area contributed by atoms with Crippen molar-refractivity contribution in [2.75, 3.05) is 11.9 Å². The molecular weight excluding hydrogens is 149 g/mol. The quantitative estimate of drug-likeness (QED) is 0.581. The van der Waals surface area contributed by atoms with E-state index < -0.39 is 0 Å². The zero-order valence-electron chi connectivity index (χ0n) is 4.27. The smallest absolute Gasteiger partial charge is 0.0967 e. The van der Waals surface area contributed by atoms with Crippen LogP contribution in [0.4, 0.5) is 0 Å². The monoisotopic (exact) mass is 155 g/mol. The molecule has 0 radical (unpaired) electrons. The number of rotatable bonds is 1. The normalized spacial score (nSPS) is 6.25. The van der Waals surface area contributed by atoms with Crippen LogP contribution in [-0.2, 0) is 0 Å². The third-order valence-corrected chi connectivity index (χ3v) is 0.224. The van der Waals surface area contributed by atoms with E-state index in [4.69, 9.17) is 33.6 Å². The van der Waals surface area contributed by atoms with Gasteiger partial charge in [-0.3, -0.25) is 0 Å². The lowest BCUT2D eigenvalue weighted by molar-refractivity contribution is 0.304. The van der Waals surface area contributed by atoms with Gasteiger partial charge in [0, 0.05) is 0 Å². The Hall–Kier alpha value is 0.0300. The van der Waals surface area contributed by atoms with Crippen LogP contribution in [0.5, 0.6) is 0 Å². The molecule has 0 bridgehead atoms. The van der Waals surface area contributed by atoms with Crippen LogP contribution in [0.15, 0.2) is 0 Å². The first-order valence-electron chi connectivity index (χ1n) is 1.93. The SMILES string of the molecule is ClCCl.N#CCCO. The minimum absolute atomic E-state index is 0.0174. The van der Waals surface area contributed by atoms with Gasteiger partial charge in [-0.05, 0) is 0 Å². The Morgan fingerprint density at radius 2 is 1.88 bits per heavy atom. The molecule has 0 saturated heterocycles. The predicted octanol–water partition coefficient (Wildman–Crippen LogP) is 1.31. The standard InChI is InChI=1S/C3H5NO.CH2Cl2/c4-2-1-3-5;2-1-3/h5H,1,3H2;1H2. The van der Waals surface area contributed by atoms with Gasteiger partial charge in [0.25, 0.3) is 0 Å². The molecule has 4 heteroatoms. The summed E-state index contributed by atoms with van der Waals surface area (Å²) in [6.07, 6.45) is 0.250. The third-order valence-electron chi connectivity index (χ3n) is 0.224. The van der Waals surface area contributed by atoms with E-state index in [2.05, 4.69) is 0 Å². The van der Waals surface area contributed by atoms with E-state index >= 15 is 0 Å². The van der Waals surface area contributed by atoms with Crippen molar-refractivity contribution in [3.8, 4) is 6.07 Å². The van der Waals surface area contributed by atoms with E-state index in [0.29, 0.717) is 0 Å². The summed E-state index contributed by atoms with van der Waals surface area (Å²) < 4.78 is 0. The minimum Gasteiger partial charge on any atom is -0.395 e. The van der Waals surface area contributed by atoms with Crippen LogP contribution in [0.3, 0.4) is 0 Å². The highest BCUT2D eigenvalue weighted by molar-refractivity contribution is 6.40. The molecule has 2 nitrogen and oxygen atoms in total. The molecule has 0 aromatic carbocycles. The topological polar surface area (TPSA) is 44.0 Å². The maximum atomic E-state index is 7.84. The van der Waals surface area contributed by atoms with Crippen LogP contribution in [0, 0.1) is 11.3 Å². The van der Waals surface area contributed by atoms with E-state index in [1.165, 1.54) is 0 Å². The average Bonchev–Trinajstić information content (AvgIpc) is 1.71. The summed E-state index contributed by atoms with van der Waals surface area (Å²) in [5, 5.41) is 15.7. The Labute approximate surface area is 58.6 Å². The van der Waals surface area contributed by atoms with E-state index in [-0.39, 0.29) is 18.4 Å². The molecule has 0 atom stereocenters. The number of alkyl halides is 2. The molecule has 0 aliphatic rings. The molecule has 0 aromatic rings. The maximum Gasteiger partial charge on any atom is 0.0967 e. The lowest BCUT2D eigenvalue weighted by Gasteiger charge is -1.67. The Balaban J connectivity index is 0. The van der Waals surface area contributed by atoms with E-state index in [1.807, 2.05) is 0 Å². The summed E-state index contributed by atoms with van der Waals surface area (Å²) in [4.78, 5) is 0. The number of nitriles is 1. The highest BCUT2D eigenvalue weighted by Crippen LogP contribution is 1.73. The van der Waals surface area contributed by atoms with Crippen LogP contribution in [0.2, 0.25) is 0 Å². The molecule has 8 heavy (non-hydrogen) atoms. The first-order chi connectivity index (χ1) is 3.83. The fourth-order valence-corrected chi connectivity index (χ4v) is 0.0500. The second kappa shape index (κ2) is 15.7. The Bertz CT molecular complexity index is 61.5. The fourth-order valence-electron chi connectivity index (χ4n) is 0.0500. The van der Waals surface area contributed by atoms with Crippen molar-refractivity contribution in [1.29, 1.82) is 5.26 Å². The molecule has 0 amide bonds. The Kier molecular flexibility index (Phi) is 21.5. The van der Waals surface area contributed by atoms with E-state index in [0.717, 1.165) is 0 Å². The molecule has 0 rings (SSSR count). The van der Waals surface area contributed by atoms with Crippen molar-refractivity contribution in [2.24, 2.45) is 0 Å². The lowest BCUT2D eigenvalue weighted by atomic mass is 10.5. The van der Waals surface area contributed by atoms with Crippen molar-refractivity contribution in [2.45, 2.75) is 6.42 Å². The second-order valence-electron chi connectivity index (χ2n) is 0.733. The highest BCUT2D eigenvalue weighted by Gasteiger charge is 1.66. The van der Waals surface area contributed by atoms with Crippen LogP contribution in [0.1, 0.15) is 6.42 Å². The maximum absolute atomic E-state index is 7.84. The van der Waals surface area contributed by atoms with Crippen molar-refractivity contribution in [1.82, 2.24) is 0 Å². The van der Waals surface area contributed by atoms with E-state index in [9.17, 15) is 0 Å². The summed E-state index contributed by atoms with van der Waals surface area (Å²) in [5.74, 6) is 0. The molecule has 0 aliphatic carbocycles. The summed E-state index contributed by atoms with van der Waals surface area (Å²) in [5.41, 5.74) is 0. The molecule has 48 valence electrons. The van der Waals surface area contributed by atoms with Crippen LogP contribution in [-0.4, -0.2) is 17.1 Å². The van der Waals surface area contributed by atoms with Gasteiger partial charge in [-0.2, -0.15) is 5.26 Å². The number of aliphatic hydroxyl groups is 1. The molecule has 1 N–H and O–H groups in total. The highest BCUT2D eigenvalue weighted by atomic mass is 35.5. The van der Waals surface area contributed by atoms with E-state index in [1.54, 1.807) is 6.07 Å². The van der Waals surface area contributed by atoms with Gasteiger partial charge in [-0.25, -0.2) is 0 Å². The fraction of sp³-hybridized carbons (Fsp3) is 0.750. The predicted molar refractivity (Wildman–Crippen MR) is 33.9 cm³/mol. The first kappa shape index (κ1) is 10.9. The second-order valence-corrected chi connectivity index (χ2v) is 1.54. The van der Waals surface area contributed by atoms with Gasteiger partial charge in [0.2, 0.25) is 0 Å². The third kappa shape index (κ3) is 37.0. The lowest BCUT2D eigenvalue weighted by Crippen LogP contribution is -1.72. The summed E-state index contributed by atoms with van der Waals surface area (Å²) >= 11 is 9.53. The zero-order chi connectivity index (χ0) is 6.83. The van der Waals surface area contributed by atoms with Gasteiger partial charge in [0.05, 0.1) is 24.4 Å². The van der Waals surface area contributed by atoms with Gasteiger partial charge in [0.15, 0.2) is 0 Å². The zero-order valence-corrected chi connectivity index (χ0v) is 5.78.